The minimum absolute atomic E-state index is 0.708. The molecule has 1 aliphatic carbocycles. The Kier molecular flexibility index (Phi) is 3.90. The molecule has 0 radical (unpaired) electrons. The summed E-state index contributed by atoms with van der Waals surface area (Å²) in [6.45, 7) is 6.98. The van der Waals surface area contributed by atoms with Crippen molar-refractivity contribution in [1.29, 1.82) is 0 Å². The average molecular weight is 258 g/mol. The fraction of sp³-hybridized carbons (Fsp3) is 0.647. The van der Waals surface area contributed by atoms with Crippen molar-refractivity contribution in [2.75, 3.05) is 13.1 Å². The molecule has 1 aliphatic heterocycles. The molecule has 0 spiro atoms. The number of benzene rings is 1. The highest BCUT2D eigenvalue weighted by atomic mass is 15.3. The van der Waals surface area contributed by atoms with Gasteiger partial charge in [-0.3, -0.25) is 4.90 Å². The zero-order valence-electron chi connectivity index (χ0n) is 12.2. The van der Waals surface area contributed by atoms with Crippen molar-refractivity contribution < 1.29 is 0 Å². The zero-order valence-corrected chi connectivity index (χ0v) is 12.2. The second-order valence-corrected chi connectivity index (χ2v) is 6.34. The van der Waals surface area contributed by atoms with Crippen LogP contribution in [0.4, 0.5) is 0 Å². The van der Waals surface area contributed by atoms with E-state index in [0.717, 1.165) is 25.0 Å². The highest BCUT2D eigenvalue weighted by Gasteiger charge is 2.38. The Hall–Kier alpha value is -0.860. The third-order valence-corrected chi connectivity index (χ3v) is 4.73. The van der Waals surface area contributed by atoms with Crippen molar-refractivity contribution in [2.24, 2.45) is 0 Å². The first-order chi connectivity index (χ1) is 9.24. The second kappa shape index (κ2) is 5.64. The minimum atomic E-state index is 0.708. The molecule has 0 bridgehead atoms. The van der Waals surface area contributed by atoms with E-state index in [1.54, 1.807) is 0 Å². The van der Waals surface area contributed by atoms with Gasteiger partial charge in [0.15, 0.2) is 0 Å². The van der Waals surface area contributed by atoms with Gasteiger partial charge in [0.05, 0.1) is 0 Å². The van der Waals surface area contributed by atoms with E-state index in [9.17, 15) is 0 Å². The third-order valence-electron chi connectivity index (χ3n) is 4.73. The Morgan fingerprint density at radius 3 is 2.79 bits per heavy atom. The first-order valence-electron chi connectivity index (χ1n) is 7.77. The minimum Gasteiger partial charge on any atom is -0.312 e. The Labute approximate surface area is 117 Å². The smallest absolute Gasteiger partial charge is 0.0210 e. The predicted molar refractivity (Wildman–Crippen MR) is 80.5 cm³/mol. The van der Waals surface area contributed by atoms with Crippen molar-refractivity contribution in [3.05, 3.63) is 35.4 Å². The van der Waals surface area contributed by atoms with Crippen molar-refractivity contribution in [3.63, 3.8) is 0 Å². The lowest BCUT2D eigenvalue weighted by Gasteiger charge is -2.19. The number of hydrogen-bond donors (Lipinski definition) is 1. The quantitative estimate of drug-likeness (QED) is 0.873. The maximum atomic E-state index is 3.76. The van der Waals surface area contributed by atoms with Gasteiger partial charge in [0.25, 0.3) is 0 Å². The molecule has 1 heterocycles. The van der Waals surface area contributed by atoms with Crippen molar-refractivity contribution >= 4 is 0 Å². The van der Waals surface area contributed by atoms with Crippen LogP contribution in [0.1, 0.15) is 37.3 Å². The average Bonchev–Trinajstić information content (AvgIpc) is 3.16. The van der Waals surface area contributed by atoms with E-state index in [1.165, 1.54) is 36.9 Å². The Morgan fingerprint density at radius 2 is 2.05 bits per heavy atom. The molecule has 1 aromatic carbocycles. The Bertz CT molecular complexity index is 425. The number of hydrogen-bond acceptors (Lipinski definition) is 2. The fourth-order valence-electron chi connectivity index (χ4n) is 3.42. The number of likely N-dealkylation sites (tertiary alicyclic amines) is 1. The molecule has 0 aromatic heterocycles. The van der Waals surface area contributed by atoms with E-state index in [0.29, 0.717) is 6.04 Å². The predicted octanol–water partition coefficient (Wildman–Crippen LogP) is 2.75. The first kappa shape index (κ1) is 13.1. The van der Waals surface area contributed by atoms with E-state index in [2.05, 4.69) is 48.3 Å². The molecule has 104 valence electrons. The van der Waals surface area contributed by atoms with Gasteiger partial charge in [-0.15, -0.1) is 0 Å². The fourth-order valence-corrected chi connectivity index (χ4v) is 3.42. The summed E-state index contributed by atoms with van der Waals surface area (Å²) < 4.78 is 0. The van der Waals surface area contributed by atoms with Crippen LogP contribution in [0.5, 0.6) is 0 Å². The summed E-state index contributed by atoms with van der Waals surface area (Å²) >= 11 is 0. The largest absolute Gasteiger partial charge is 0.312 e. The van der Waals surface area contributed by atoms with Crippen LogP contribution < -0.4 is 5.32 Å². The third kappa shape index (κ3) is 3.18. The molecule has 19 heavy (non-hydrogen) atoms. The van der Waals surface area contributed by atoms with E-state index < -0.39 is 0 Å². The van der Waals surface area contributed by atoms with Crippen molar-refractivity contribution in [2.45, 2.75) is 57.7 Å². The molecule has 2 heteroatoms. The Morgan fingerprint density at radius 1 is 1.26 bits per heavy atom. The van der Waals surface area contributed by atoms with Gasteiger partial charge in [0.2, 0.25) is 0 Å². The molecule has 1 saturated heterocycles. The number of aryl methyl sites for hydroxylation is 1. The van der Waals surface area contributed by atoms with Crippen LogP contribution in [-0.2, 0) is 6.42 Å². The van der Waals surface area contributed by atoms with Gasteiger partial charge in [-0.05, 0) is 57.2 Å². The Balaban J connectivity index is 1.44. The normalized spacial score (nSPS) is 27.9. The monoisotopic (exact) mass is 258 g/mol. The summed E-state index contributed by atoms with van der Waals surface area (Å²) in [4.78, 5) is 2.71. The van der Waals surface area contributed by atoms with Gasteiger partial charge in [-0.2, -0.15) is 0 Å². The topological polar surface area (TPSA) is 15.3 Å². The lowest BCUT2D eigenvalue weighted by molar-refractivity contribution is 0.255. The molecule has 2 atom stereocenters. The molecule has 1 aromatic rings. The van der Waals surface area contributed by atoms with Crippen LogP contribution in [0.15, 0.2) is 24.3 Å². The summed E-state index contributed by atoms with van der Waals surface area (Å²) in [5.74, 6) is 0. The summed E-state index contributed by atoms with van der Waals surface area (Å²) in [6.07, 6.45) is 5.34. The van der Waals surface area contributed by atoms with E-state index >= 15 is 0 Å². The van der Waals surface area contributed by atoms with Gasteiger partial charge >= 0.3 is 0 Å². The molecule has 2 fully saturated rings. The van der Waals surface area contributed by atoms with Gasteiger partial charge < -0.3 is 5.32 Å². The van der Waals surface area contributed by atoms with E-state index in [1.807, 2.05) is 0 Å². The van der Waals surface area contributed by atoms with E-state index in [-0.39, 0.29) is 0 Å². The van der Waals surface area contributed by atoms with Crippen LogP contribution in [0.25, 0.3) is 0 Å². The molecule has 0 amide bonds. The highest BCUT2D eigenvalue weighted by molar-refractivity contribution is 5.25. The van der Waals surface area contributed by atoms with Crippen molar-refractivity contribution in [1.82, 2.24) is 10.2 Å². The molecule has 2 nitrogen and oxygen atoms in total. The van der Waals surface area contributed by atoms with Gasteiger partial charge in [-0.1, -0.05) is 24.3 Å². The zero-order chi connectivity index (χ0) is 13.2. The second-order valence-electron chi connectivity index (χ2n) is 6.34. The van der Waals surface area contributed by atoms with Crippen molar-refractivity contribution in [3.8, 4) is 0 Å². The van der Waals surface area contributed by atoms with Crippen LogP contribution in [0.2, 0.25) is 0 Å². The van der Waals surface area contributed by atoms with E-state index in [4.69, 9.17) is 0 Å². The SMILES string of the molecule is Cc1ccccc1CCNC1CC(C)N(C2CC2)C1. The van der Waals surface area contributed by atoms with Crippen LogP contribution >= 0.6 is 0 Å². The standard InChI is InChI=1S/C17H26N2/c1-13-5-3-4-6-15(13)9-10-18-16-11-14(2)19(12-16)17-7-8-17/h3-6,14,16-18H,7-12H2,1-2H3. The molecule has 2 unspecified atom stereocenters. The molecular weight excluding hydrogens is 232 g/mol. The summed E-state index contributed by atoms with van der Waals surface area (Å²) in [5.41, 5.74) is 2.91. The lowest BCUT2D eigenvalue weighted by atomic mass is 10.1. The van der Waals surface area contributed by atoms with Gasteiger partial charge in [-0.25, -0.2) is 0 Å². The maximum Gasteiger partial charge on any atom is 0.0210 e. The number of rotatable bonds is 5. The van der Waals surface area contributed by atoms with Crippen LogP contribution in [-0.4, -0.2) is 36.1 Å². The lowest BCUT2D eigenvalue weighted by Crippen LogP contribution is -2.35. The first-order valence-corrected chi connectivity index (χ1v) is 7.77. The van der Waals surface area contributed by atoms with Gasteiger partial charge in [0, 0.05) is 24.7 Å². The summed E-state index contributed by atoms with van der Waals surface area (Å²) in [6, 6.07) is 11.1. The van der Waals surface area contributed by atoms with Crippen LogP contribution in [0.3, 0.4) is 0 Å². The maximum absolute atomic E-state index is 3.76. The molecular formula is C17H26N2. The number of nitrogens with one attached hydrogen (secondary N) is 1. The van der Waals surface area contributed by atoms with Gasteiger partial charge in [0.1, 0.15) is 0 Å². The molecule has 1 N–H and O–H groups in total. The summed E-state index contributed by atoms with van der Waals surface area (Å²) in [5, 5.41) is 3.76. The highest BCUT2D eigenvalue weighted by Crippen LogP contribution is 2.33. The molecule has 2 aliphatic rings. The number of nitrogens with zero attached hydrogens (tertiary/aromatic N) is 1. The molecule has 3 rings (SSSR count). The molecule has 1 saturated carbocycles. The summed E-state index contributed by atoms with van der Waals surface area (Å²) in [7, 11) is 0. The van der Waals surface area contributed by atoms with Crippen LogP contribution in [0, 0.1) is 6.92 Å².